The van der Waals surface area contributed by atoms with Gasteiger partial charge in [-0.2, -0.15) is 0 Å². The summed E-state index contributed by atoms with van der Waals surface area (Å²) in [5.74, 6) is 3.54. The van der Waals surface area contributed by atoms with Gasteiger partial charge in [-0.25, -0.2) is 15.0 Å². The fraction of sp³-hybridized carbons (Fsp3) is 0.0345. The van der Waals surface area contributed by atoms with E-state index in [1.807, 2.05) is 42.6 Å². The second kappa shape index (κ2) is 14.7. The first-order valence-electron chi connectivity index (χ1n) is 21.3. The number of hydrogen-bond donors (Lipinski definition) is 0. The minimum Gasteiger partial charge on any atom is -0.457 e. The Morgan fingerprint density at radius 2 is 0.905 bits per heavy atom. The molecule has 0 saturated heterocycles. The first-order chi connectivity index (χ1) is 31.1. The maximum atomic E-state index is 6.71. The van der Waals surface area contributed by atoms with Crippen LogP contribution in [0.1, 0.15) is 27.8 Å². The molecule has 5 nitrogen and oxygen atoms in total. The Labute approximate surface area is 366 Å². The zero-order valence-corrected chi connectivity index (χ0v) is 34.4. The van der Waals surface area contributed by atoms with Crippen LogP contribution < -0.4 is 4.74 Å². The average molecular weight is 807 g/mol. The molecule has 1 aliphatic carbocycles. The second-order valence-corrected chi connectivity index (χ2v) is 16.3. The highest BCUT2D eigenvalue weighted by Crippen LogP contribution is 2.63. The molecule has 0 bridgehead atoms. The van der Waals surface area contributed by atoms with Crippen molar-refractivity contribution in [2.75, 3.05) is 0 Å². The van der Waals surface area contributed by atoms with Gasteiger partial charge in [0.25, 0.3) is 0 Å². The van der Waals surface area contributed by atoms with E-state index in [-0.39, 0.29) is 0 Å². The van der Waals surface area contributed by atoms with Crippen molar-refractivity contribution in [2.24, 2.45) is 0 Å². The minimum absolute atomic E-state index is 0.611. The first kappa shape index (κ1) is 36.6. The van der Waals surface area contributed by atoms with Gasteiger partial charge < -0.3 is 4.74 Å². The van der Waals surface area contributed by atoms with E-state index in [9.17, 15) is 0 Å². The highest BCUT2D eigenvalue weighted by molar-refractivity contribution is 5.98. The lowest BCUT2D eigenvalue weighted by Crippen LogP contribution is -2.32. The van der Waals surface area contributed by atoms with Gasteiger partial charge in [-0.15, -0.1) is 0 Å². The quantitative estimate of drug-likeness (QED) is 0.167. The number of pyridine rings is 1. The first-order valence-corrected chi connectivity index (χ1v) is 21.3. The van der Waals surface area contributed by atoms with Crippen molar-refractivity contribution < 1.29 is 4.74 Å². The van der Waals surface area contributed by atoms with E-state index in [1.54, 1.807) is 0 Å². The highest BCUT2D eigenvalue weighted by Gasteiger charge is 2.52. The lowest BCUT2D eigenvalue weighted by atomic mass is 9.65. The predicted molar refractivity (Wildman–Crippen MR) is 252 cm³/mol. The van der Waals surface area contributed by atoms with E-state index in [0.29, 0.717) is 17.5 Å². The van der Waals surface area contributed by atoms with Crippen LogP contribution in [0.5, 0.6) is 11.5 Å². The molecular formula is C58H38N4O. The maximum Gasteiger partial charge on any atom is 0.164 e. The van der Waals surface area contributed by atoms with Crippen molar-refractivity contribution in [3.8, 4) is 90.3 Å². The molecule has 3 heterocycles. The number of aromatic nitrogens is 4. The molecule has 63 heavy (non-hydrogen) atoms. The molecule has 0 atom stereocenters. The van der Waals surface area contributed by atoms with Gasteiger partial charge in [-0.3, -0.25) is 4.98 Å². The normalized spacial score (nSPS) is 12.8. The van der Waals surface area contributed by atoms with Crippen LogP contribution in [0, 0.1) is 6.92 Å². The molecular weight excluding hydrogens is 769 g/mol. The lowest BCUT2D eigenvalue weighted by molar-refractivity contribution is 0.436. The van der Waals surface area contributed by atoms with Crippen LogP contribution in [-0.4, -0.2) is 19.9 Å². The van der Waals surface area contributed by atoms with Crippen molar-refractivity contribution in [3.63, 3.8) is 0 Å². The standard InChI is InChI=1S/C58H38N4O/c1-37-27-32-51(59-36-37)43-20-14-19-42(33-43)38-28-30-39(31-29-38)44-34-46(57-61-55(40-15-4-2-5-16-40)60-56(62-57)41-17-6-3-7-18-41)54-45-21-8-9-22-47(45)58(50(54)35-44)48-23-10-12-25-52(48)63-53-26-13-11-24-49(53)58/h2-36H,1H3. The fourth-order valence-corrected chi connectivity index (χ4v) is 9.60. The molecule has 0 saturated carbocycles. The van der Waals surface area contributed by atoms with Gasteiger partial charge in [0.1, 0.15) is 11.5 Å². The van der Waals surface area contributed by atoms with Gasteiger partial charge in [0.2, 0.25) is 0 Å². The summed E-state index contributed by atoms with van der Waals surface area (Å²) in [6.45, 7) is 2.06. The highest BCUT2D eigenvalue weighted by atomic mass is 16.5. The zero-order valence-electron chi connectivity index (χ0n) is 34.4. The topological polar surface area (TPSA) is 60.8 Å². The third kappa shape index (κ3) is 6.00. The third-order valence-electron chi connectivity index (χ3n) is 12.5. The van der Waals surface area contributed by atoms with Crippen molar-refractivity contribution in [3.05, 3.63) is 240 Å². The predicted octanol–water partition coefficient (Wildman–Crippen LogP) is 14.0. The van der Waals surface area contributed by atoms with E-state index in [4.69, 9.17) is 24.7 Å². The number of aryl methyl sites for hydroxylation is 1. The number of nitrogens with zero attached hydrogens (tertiary/aromatic N) is 4. The Balaban J connectivity index is 1.12. The average Bonchev–Trinajstić information content (AvgIpc) is 3.65. The van der Waals surface area contributed by atoms with E-state index in [1.165, 1.54) is 5.56 Å². The Kier molecular flexibility index (Phi) is 8.54. The van der Waals surface area contributed by atoms with E-state index in [0.717, 1.165) is 95.1 Å². The van der Waals surface area contributed by atoms with Crippen molar-refractivity contribution >= 4 is 0 Å². The fourth-order valence-electron chi connectivity index (χ4n) is 9.60. The Morgan fingerprint density at radius 3 is 1.54 bits per heavy atom. The molecule has 0 fully saturated rings. The molecule has 0 N–H and O–H groups in total. The van der Waals surface area contributed by atoms with Gasteiger partial charge in [0.15, 0.2) is 17.5 Å². The molecule has 10 aromatic rings. The summed E-state index contributed by atoms with van der Waals surface area (Å²) in [6.07, 6.45) is 1.92. The summed E-state index contributed by atoms with van der Waals surface area (Å²) in [4.78, 5) is 20.5. The Bertz CT molecular complexity index is 3260. The van der Waals surface area contributed by atoms with Crippen LogP contribution in [-0.2, 0) is 5.41 Å². The summed E-state index contributed by atoms with van der Waals surface area (Å²) in [5, 5.41) is 0. The number of para-hydroxylation sites is 2. The summed E-state index contributed by atoms with van der Waals surface area (Å²) in [5.41, 5.74) is 16.5. The molecule has 2 aliphatic rings. The largest absolute Gasteiger partial charge is 0.457 e. The van der Waals surface area contributed by atoms with Crippen LogP contribution in [0.25, 0.3) is 78.8 Å². The molecule has 1 spiro atoms. The molecule has 2 aromatic heterocycles. The van der Waals surface area contributed by atoms with Crippen LogP contribution in [0.2, 0.25) is 0 Å². The van der Waals surface area contributed by atoms with Crippen molar-refractivity contribution in [1.29, 1.82) is 0 Å². The number of rotatable bonds is 6. The van der Waals surface area contributed by atoms with E-state index < -0.39 is 5.41 Å². The third-order valence-corrected chi connectivity index (χ3v) is 12.5. The smallest absolute Gasteiger partial charge is 0.164 e. The van der Waals surface area contributed by atoms with Gasteiger partial charge in [0.05, 0.1) is 11.1 Å². The zero-order chi connectivity index (χ0) is 41.9. The van der Waals surface area contributed by atoms with Crippen molar-refractivity contribution in [2.45, 2.75) is 12.3 Å². The molecule has 0 radical (unpaired) electrons. The molecule has 0 amide bonds. The van der Waals surface area contributed by atoms with Gasteiger partial charge >= 0.3 is 0 Å². The number of hydrogen-bond acceptors (Lipinski definition) is 5. The summed E-state index contributed by atoms with van der Waals surface area (Å²) in [6, 6.07) is 72.6. The Morgan fingerprint density at radius 1 is 0.365 bits per heavy atom. The van der Waals surface area contributed by atoms with Crippen LogP contribution in [0.15, 0.2) is 212 Å². The molecule has 5 heteroatoms. The number of fused-ring (bicyclic) bond motifs is 9. The molecule has 8 aromatic carbocycles. The van der Waals surface area contributed by atoms with E-state index >= 15 is 0 Å². The molecule has 1 aliphatic heterocycles. The number of benzene rings is 8. The Hall–Kier alpha value is -8.28. The minimum atomic E-state index is -0.690. The van der Waals surface area contributed by atoms with E-state index in [2.05, 4.69) is 177 Å². The molecule has 0 unspecified atom stereocenters. The van der Waals surface area contributed by atoms with Gasteiger partial charge in [-0.1, -0.05) is 170 Å². The van der Waals surface area contributed by atoms with Crippen LogP contribution >= 0.6 is 0 Å². The summed E-state index contributed by atoms with van der Waals surface area (Å²) in [7, 11) is 0. The van der Waals surface area contributed by atoms with Gasteiger partial charge in [0, 0.05) is 39.6 Å². The maximum absolute atomic E-state index is 6.71. The molecule has 12 rings (SSSR count). The lowest BCUT2D eigenvalue weighted by Gasteiger charge is -2.39. The number of ether oxygens (including phenoxy) is 1. The summed E-state index contributed by atoms with van der Waals surface area (Å²) >= 11 is 0. The van der Waals surface area contributed by atoms with Crippen molar-refractivity contribution in [1.82, 2.24) is 19.9 Å². The summed E-state index contributed by atoms with van der Waals surface area (Å²) < 4.78 is 6.71. The van der Waals surface area contributed by atoms with Crippen LogP contribution in [0.4, 0.5) is 0 Å². The van der Waals surface area contributed by atoms with Gasteiger partial charge in [-0.05, 0) is 93.4 Å². The van der Waals surface area contributed by atoms with Crippen LogP contribution in [0.3, 0.4) is 0 Å². The second-order valence-electron chi connectivity index (χ2n) is 16.3. The molecule has 296 valence electrons. The SMILES string of the molecule is Cc1ccc(-c2cccc(-c3ccc(-c4cc(-c5nc(-c6ccccc6)nc(-c6ccccc6)n5)c5c(c4)C4(c6ccccc6Oc6ccccc64)c4ccccc4-5)cc3)c2)nc1. The monoisotopic (exact) mass is 806 g/mol.